The maximum atomic E-state index is 13.3. The molecule has 0 saturated heterocycles. The van der Waals surface area contributed by atoms with Gasteiger partial charge in [0.15, 0.2) is 5.78 Å². The highest BCUT2D eigenvalue weighted by Crippen LogP contribution is 2.69. The van der Waals surface area contributed by atoms with E-state index in [1.807, 2.05) is 6.92 Å². The van der Waals surface area contributed by atoms with Gasteiger partial charge in [-0.3, -0.25) is 9.59 Å². The van der Waals surface area contributed by atoms with Crippen LogP contribution in [0.1, 0.15) is 73.1 Å². The van der Waals surface area contributed by atoms with Gasteiger partial charge in [-0.05, 0) is 66.9 Å². The lowest BCUT2D eigenvalue weighted by molar-refractivity contribution is -0.189. The first-order valence-electron chi connectivity index (χ1n) is 10.0. The summed E-state index contributed by atoms with van der Waals surface area (Å²) in [6, 6.07) is 0. The molecule has 4 heteroatoms. The summed E-state index contributed by atoms with van der Waals surface area (Å²) in [7, 11) is 1.73. The smallest absolute Gasteiger partial charge is 0.309 e. The highest BCUT2D eigenvalue weighted by Gasteiger charge is 2.67. The van der Waals surface area contributed by atoms with Gasteiger partial charge >= 0.3 is 5.97 Å². The molecule has 0 aromatic carbocycles. The minimum Gasteiger partial charge on any atom is -0.481 e. The number of fused-ring (bicyclic) bond motifs is 3. The van der Waals surface area contributed by atoms with Crippen LogP contribution in [0.25, 0.3) is 0 Å². The van der Waals surface area contributed by atoms with Crippen molar-refractivity contribution in [3.63, 3.8) is 0 Å². The van der Waals surface area contributed by atoms with E-state index in [0.29, 0.717) is 18.8 Å². The summed E-state index contributed by atoms with van der Waals surface area (Å²) in [6.07, 6.45) is 6.76. The van der Waals surface area contributed by atoms with Gasteiger partial charge in [0, 0.05) is 13.5 Å². The summed E-state index contributed by atoms with van der Waals surface area (Å²) < 4.78 is 5.89. The summed E-state index contributed by atoms with van der Waals surface area (Å²) in [6.45, 7) is 10.5. The van der Waals surface area contributed by atoms with Crippen LogP contribution in [-0.4, -0.2) is 29.6 Å². The molecule has 0 heterocycles. The maximum Gasteiger partial charge on any atom is 0.309 e. The molecule has 5 atom stereocenters. The molecule has 0 amide bonds. The monoisotopic (exact) mass is 362 g/mol. The molecular formula is C22H34O4. The second-order valence-electron chi connectivity index (χ2n) is 9.85. The Hall–Kier alpha value is -1.16. The van der Waals surface area contributed by atoms with Crippen molar-refractivity contribution in [2.45, 2.75) is 78.7 Å². The number of hydrogen-bond acceptors (Lipinski definition) is 3. The lowest BCUT2D eigenvalue weighted by Crippen LogP contribution is -2.63. The third kappa shape index (κ3) is 2.23. The molecule has 0 unspecified atom stereocenters. The molecule has 3 rings (SSSR count). The van der Waals surface area contributed by atoms with Crippen molar-refractivity contribution >= 4 is 11.8 Å². The van der Waals surface area contributed by atoms with Gasteiger partial charge in [0.05, 0.1) is 11.0 Å². The van der Waals surface area contributed by atoms with E-state index < -0.39 is 16.8 Å². The Morgan fingerprint density at radius 1 is 1.23 bits per heavy atom. The number of carboxylic acid groups (broad SMARTS) is 1. The third-order valence-electron chi connectivity index (χ3n) is 8.88. The Kier molecular flexibility index (Phi) is 4.46. The Morgan fingerprint density at radius 3 is 2.42 bits per heavy atom. The van der Waals surface area contributed by atoms with Gasteiger partial charge in [-0.15, -0.1) is 0 Å². The molecule has 3 aliphatic rings. The third-order valence-corrected chi connectivity index (χ3v) is 8.88. The van der Waals surface area contributed by atoms with E-state index in [0.717, 1.165) is 31.3 Å². The summed E-state index contributed by atoms with van der Waals surface area (Å²) in [5.74, 6) is -0.193. The number of ketones is 1. The van der Waals surface area contributed by atoms with Crippen LogP contribution >= 0.6 is 0 Å². The minimum absolute atomic E-state index is 0.131. The molecule has 2 fully saturated rings. The number of allylic oxidation sites excluding steroid dienone is 1. The van der Waals surface area contributed by atoms with Crippen molar-refractivity contribution < 1.29 is 19.4 Å². The number of ether oxygens (including phenoxy) is 1. The van der Waals surface area contributed by atoms with E-state index in [4.69, 9.17) is 4.74 Å². The zero-order valence-electron chi connectivity index (χ0n) is 17.1. The van der Waals surface area contributed by atoms with Gasteiger partial charge in [-0.2, -0.15) is 0 Å². The molecule has 146 valence electrons. The number of carboxylic acids is 1. The van der Waals surface area contributed by atoms with Crippen LogP contribution in [-0.2, 0) is 14.3 Å². The van der Waals surface area contributed by atoms with Crippen LogP contribution in [0.15, 0.2) is 11.6 Å². The van der Waals surface area contributed by atoms with Gasteiger partial charge in [0.2, 0.25) is 0 Å². The van der Waals surface area contributed by atoms with E-state index in [1.54, 1.807) is 7.11 Å². The van der Waals surface area contributed by atoms with Crippen LogP contribution in [0, 0.1) is 28.1 Å². The molecule has 0 aromatic heterocycles. The zero-order valence-corrected chi connectivity index (χ0v) is 17.1. The topological polar surface area (TPSA) is 63.6 Å². The minimum atomic E-state index is -0.852. The molecule has 0 spiro atoms. The fourth-order valence-electron chi connectivity index (χ4n) is 6.46. The molecule has 26 heavy (non-hydrogen) atoms. The molecule has 0 aromatic rings. The van der Waals surface area contributed by atoms with Crippen molar-refractivity contribution in [2.75, 3.05) is 7.11 Å². The largest absolute Gasteiger partial charge is 0.481 e. The van der Waals surface area contributed by atoms with Crippen LogP contribution in [0.3, 0.4) is 0 Å². The van der Waals surface area contributed by atoms with Gasteiger partial charge in [-0.25, -0.2) is 0 Å². The van der Waals surface area contributed by atoms with E-state index in [2.05, 4.69) is 33.8 Å². The molecular weight excluding hydrogens is 328 g/mol. The number of carbonyl (C=O) groups excluding carboxylic acids is 1. The summed E-state index contributed by atoms with van der Waals surface area (Å²) in [5, 5.41) is 10.0. The predicted octanol–water partition coefficient (Wildman–Crippen LogP) is 4.62. The SMILES string of the molecule is CO[C@]1(C(C)C)C=C2C(=O)C[C@@]3(C)[C@](C)(C(=O)O)CCC[C@]3(C)[C@H]2CC1. The highest BCUT2D eigenvalue weighted by molar-refractivity contribution is 5.98. The molecule has 2 saturated carbocycles. The molecule has 4 nitrogen and oxygen atoms in total. The number of methoxy groups -OCH3 is 1. The first kappa shape index (κ1) is 19.6. The first-order valence-corrected chi connectivity index (χ1v) is 10.0. The summed E-state index contributed by atoms with van der Waals surface area (Å²) in [4.78, 5) is 25.5. The van der Waals surface area contributed by atoms with Gasteiger partial charge in [0.1, 0.15) is 0 Å². The summed E-state index contributed by atoms with van der Waals surface area (Å²) >= 11 is 0. The Balaban J connectivity index is 2.13. The second kappa shape index (κ2) is 5.92. The quantitative estimate of drug-likeness (QED) is 0.795. The number of rotatable bonds is 3. The van der Waals surface area contributed by atoms with Crippen molar-refractivity contribution in [2.24, 2.45) is 28.1 Å². The Labute approximate surface area is 157 Å². The maximum absolute atomic E-state index is 13.3. The molecule has 1 N–H and O–H groups in total. The van der Waals surface area contributed by atoms with Crippen LogP contribution in [0.5, 0.6) is 0 Å². The lowest BCUT2D eigenvalue weighted by Gasteiger charge is -2.64. The van der Waals surface area contributed by atoms with Crippen LogP contribution in [0.4, 0.5) is 0 Å². The van der Waals surface area contributed by atoms with Crippen molar-refractivity contribution in [3.05, 3.63) is 11.6 Å². The molecule has 0 bridgehead atoms. The Morgan fingerprint density at radius 2 is 1.88 bits per heavy atom. The zero-order chi connectivity index (χ0) is 19.5. The summed E-state index contributed by atoms with van der Waals surface area (Å²) in [5.41, 5.74) is -1.02. The predicted molar refractivity (Wildman–Crippen MR) is 101 cm³/mol. The van der Waals surface area contributed by atoms with Crippen LogP contribution in [0.2, 0.25) is 0 Å². The fourth-order valence-corrected chi connectivity index (χ4v) is 6.46. The number of carbonyl (C=O) groups is 2. The number of aliphatic carboxylic acids is 1. The van der Waals surface area contributed by atoms with E-state index in [1.165, 1.54) is 0 Å². The van der Waals surface area contributed by atoms with Crippen molar-refractivity contribution in [1.29, 1.82) is 0 Å². The van der Waals surface area contributed by atoms with Gasteiger partial charge in [0.25, 0.3) is 0 Å². The van der Waals surface area contributed by atoms with Crippen molar-refractivity contribution in [3.8, 4) is 0 Å². The van der Waals surface area contributed by atoms with E-state index >= 15 is 0 Å². The Bertz CT molecular complexity index is 665. The first-order chi connectivity index (χ1) is 12.0. The second-order valence-corrected chi connectivity index (χ2v) is 9.85. The van der Waals surface area contributed by atoms with Gasteiger partial charge < -0.3 is 9.84 Å². The van der Waals surface area contributed by atoms with Crippen molar-refractivity contribution in [1.82, 2.24) is 0 Å². The van der Waals surface area contributed by atoms with Crippen LogP contribution < -0.4 is 0 Å². The standard InChI is InChI=1S/C22H34O4/c1-14(2)22(26-6)11-8-16-15(12-22)17(23)13-21(5)19(16,3)9-7-10-20(21,4)18(24)25/h12,14,16H,7-11,13H2,1-6H3,(H,24,25)/t16-,19+,20-,21+,22-/m0/s1. The normalized spacial score (nSPS) is 45.7. The number of Topliss-reactive ketones (excluding diaryl/α,β-unsaturated/α-hetero) is 1. The lowest BCUT2D eigenvalue weighted by atomic mass is 9.38. The molecule has 0 aliphatic heterocycles. The average Bonchev–Trinajstić information content (AvgIpc) is 2.58. The molecule has 3 aliphatic carbocycles. The van der Waals surface area contributed by atoms with E-state index in [-0.39, 0.29) is 22.7 Å². The van der Waals surface area contributed by atoms with Gasteiger partial charge in [-0.1, -0.05) is 34.1 Å². The fraction of sp³-hybridized carbons (Fsp3) is 0.818. The molecule has 0 radical (unpaired) electrons. The number of hydrogen-bond donors (Lipinski definition) is 1. The highest BCUT2D eigenvalue weighted by atomic mass is 16.5. The average molecular weight is 363 g/mol. The van der Waals surface area contributed by atoms with E-state index in [9.17, 15) is 14.7 Å².